The molecule has 1 heterocycles. The summed E-state index contributed by atoms with van der Waals surface area (Å²) in [6.07, 6.45) is 3.49. The minimum absolute atomic E-state index is 0.0825. The molecule has 1 aliphatic rings. The van der Waals surface area contributed by atoms with E-state index in [9.17, 15) is 4.79 Å². The number of carbonyl (C=O) groups excluding carboxylic acids is 1. The van der Waals surface area contributed by atoms with Crippen molar-refractivity contribution in [2.75, 3.05) is 20.8 Å². The van der Waals surface area contributed by atoms with Gasteiger partial charge in [0.2, 0.25) is 0 Å². The molecule has 0 saturated carbocycles. The molecule has 0 bridgehead atoms. The van der Waals surface area contributed by atoms with Crippen LogP contribution in [0.4, 0.5) is 0 Å². The van der Waals surface area contributed by atoms with E-state index in [1.165, 1.54) is 5.57 Å². The largest absolute Gasteiger partial charge is 0.365 e. The number of carbonyl (C=O) groups is 1. The lowest BCUT2D eigenvalue weighted by Crippen LogP contribution is -2.46. The zero-order valence-electron chi connectivity index (χ0n) is 13.3. The molecule has 114 valence electrons. The van der Waals surface area contributed by atoms with Crippen molar-refractivity contribution in [3.8, 4) is 0 Å². The van der Waals surface area contributed by atoms with Gasteiger partial charge in [-0.3, -0.25) is 4.79 Å². The molecular weight excluding hydrogens is 270 g/mol. The van der Waals surface area contributed by atoms with Gasteiger partial charge in [-0.05, 0) is 12.1 Å². The van der Waals surface area contributed by atoms with Gasteiger partial charge in [0.25, 0.3) is 0 Å². The lowest BCUT2D eigenvalue weighted by Gasteiger charge is -2.37. The van der Waals surface area contributed by atoms with Crippen molar-refractivity contribution in [2.24, 2.45) is 0 Å². The van der Waals surface area contributed by atoms with Gasteiger partial charge in [0.05, 0.1) is 6.04 Å². The first-order chi connectivity index (χ1) is 9.26. The van der Waals surface area contributed by atoms with Gasteiger partial charge in [0.15, 0.2) is 12.1 Å². The topological polar surface area (TPSA) is 38.8 Å². The molecule has 0 aromatic rings. The number of allylic oxidation sites excluding steroid dienone is 1. The van der Waals surface area contributed by atoms with Crippen LogP contribution in [0.5, 0.6) is 0 Å². The fourth-order valence-electron chi connectivity index (χ4n) is 2.58. The van der Waals surface area contributed by atoms with Gasteiger partial charge in [-0.1, -0.05) is 31.8 Å². The second-order valence-electron chi connectivity index (χ2n) is 6.55. The maximum Gasteiger partial charge on any atom is 0.177 e. The highest BCUT2D eigenvalue weighted by Gasteiger charge is 2.31. The summed E-state index contributed by atoms with van der Waals surface area (Å²) < 4.78 is 10.7. The lowest BCUT2D eigenvalue weighted by molar-refractivity contribution is -0.148. The number of hydrogen-bond acceptors (Lipinski definition) is 4. The van der Waals surface area contributed by atoms with E-state index in [1.807, 2.05) is 6.20 Å². The first-order valence-corrected chi connectivity index (χ1v) is 10.7. The predicted octanol–water partition coefficient (Wildman–Crippen LogP) is 2.66. The Bertz CT molecular complexity index is 383. The summed E-state index contributed by atoms with van der Waals surface area (Å²) >= 11 is 0. The zero-order chi connectivity index (χ0) is 15.3. The fourth-order valence-corrected chi connectivity index (χ4v) is 4.19. The second-order valence-corrected chi connectivity index (χ2v) is 12.0. The Morgan fingerprint density at radius 3 is 2.55 bits per heavy atom. The van der Waals surface area contributed by atoms with Gasteiger partial charge in [0, 0.05) is 41.5 Å². The summed E-state index contributed by atoms with van der Waals surface area (Å²) in [5.74, 6) is 0.112. The van der Waals surface area contributed by atoms with E-state index in [-0.39, 0.29) is 11.8 Å². The third kappa shape index (κ3) is 5.23. The molecule has 20 heavy (non-hydrogen) atoms. The Morgan fingerprint density at radius 1 is 1.45 bits per heavy atom. The molecule has 5 heteroatoms. The average molecular weight is 297 g/mol. The molecular formula is C15H27NO3Si. The van der Waals surface area contributed by atoms with Crippen molar-refractivity contribution in [3.05, 3.63) is 24.4 Å². The van der Waals surface area contributed by atoms with Crippen molar-refractivity contribution >= 4 is 13.9 Å². The maximum atomic E-state index is 11.6. The molecule has 1 unspecified atom stereocenters. The van der Waals surface area contributed by atoms with Crippen LogP contribution < -0.4 is 0 Å². The first-order valence-electron chi connectivity index (χ1n) is 6.96. The first kappa shape index (κ1) is 17.1. The molecule has 0 spiro atoms. The zero-order valence-corrected chi connectivity index (χ0v) is 14.3. The normalized spacial score (nSPS) is 19.8. The van der Waals surface area contributed by atoms with Crippen molar-refractivity contribution in [2.45, 2.75) is 44.4 Å². The third-order valence-corrected chi connectivity index (χ3v) is 4.81. The predicted molar refractivity (Wildman–Crippen MR) is 84.4 cm³/mol. The molecule has 1 rings (SSSR count). The van der Waals surface area contributed by atoms with Gasteiger partial charge in [-0.15, -0.1) is 0 Å². The van der Waals surface area contributed by atoms with Gasteiger partial charge >= 0.3 is 0 Å². The Labute approximate surface area is 123 Å². The fraction of sp³-hybridized carbons (Fsp3) is 0.667. The average Bonchev–Trinajstić information content (AvgIpc) is 2.31. The van der Waals surface area contributed by atoms with E-state index in [1.54, 1.807) is 20.3 Å². The molecule has 0 N–H and O–H groups in total. The standard InChI is InChI=1S/C15H27NO3Si/c1-12(11-20(4,5)6)10-16-8-7-13(17)9-14(16)15(18-2)19-3/h7-8,14-15H,1,9-11H2,2-6H3. The van der Waals surface area contributed by atoms with Crippen molar-refractivity contribution in [1.82, 2.24) is 4.90 Å². The number of rotatable bonds is 7. The Kier molecular flexibility index (Phi) is 6.17. The number of methoxy groups -OCH3 is 2. The van der Waals surface area contributed by atoms with Crippen LogP contribution in [0.25, 0.3) is 0 Å². The molecule has 0 aromatic heterocycles. The highest BCUT2D eigenvalue weighted by Crippen LogP contribution is 2.22. The van der Waals surface area contributed by atoms with Crippen LogP contribution in [0, 0.1) is 0 Å². The van der Waals surface area contributed by atoms with Crippen LogP contribution in [-0.4, -0.2) is 51.9 Å². The Balaban J connectivity index is 2.76. The van der Waals surface area contributed by atoms with Crippen LogP contribution in [0.1, 0.15) is 6.42 Å². The SMILES string of the molecule is C=C(CN1C=CC(=O)CC1C(OC)OC)C[Si](C)(C)C. The van der Waals surface area contributed by atoms with Gasteiger partial charge < -0.3 is 14.4 Å². The molecule has 4 nitrogen and oxygen atoms in total. The molecule has 0 amide bonds. The molecule has 0 saturated heterocycles. The lowest BCUT2D eigenvalue weighted by atomic mass is 10.0. The van der Waals surface area contributed by atoms with Gasteiger partial charge in [-0.2, -0.15) is 0 Å². The molecule has 0 radical (unpaired) electrons. The third-order valence-electron chi connectivity index (χ3n) is 3.25. The van der Waals surface area contributed by atoms with Crippen LogP contribution in [0.15, 0.2) is 24.4 Å². The van der Waals surface area contributed by atoms with E-state index in [0.29, 0.717) is 6.42 Å². The summed E-state index contributed by atoms with van der Waals surface area (Å²) in [6, 6.07) is 1.00. The quantitative estimate of drug-likeness (QED) is 0.411. The van der Waals surface area contributed by atoms with Gasteiger partial charge in [0.1, 0.15) is 0 Å². The molecule has 0 aliphatic carbocycles. The molecule has 1 aliphatic heterocycles. The summed E-state index contributed by atoms with van der Waals surface area (Å²) in [6.45, 7) is 11.9. The minimum Gasteiger partial charge on any atom is -0.365 e. The molecule has 0 fully saturated rings. The van der Waals surface area contributed by atoms with Gasteiger partial charge in [-0.25, -0.2) is 0 Å². The van der Waals surface area contributed by atoms with E-state index >= 15 is 0 Å². The maximum absolute atomic E-state index is 11.6. The number of hydrogen-bond donors (Lipinski definition) is 0. The summed E-state index contributed by atoms with van der Waals surface area (Å²) in [5.41, 5.74) is 1.21. The molecule has 0 aromatic carbocycles. The monoisotopic (exact) mass is 297 g/mol. The van der Waals surface area contributed by atoms with E-state index in [2.05, 4.69) is 31.1 Å². The van der Waals surface area contributed by atoms with E-state index in [0.717, 1.165) is 12.6 Å². The highest BCUT2D eigenvalue weighted by molar-refractivity contribution is 6.76. The van der Waals surface area contributed by atoms with Crippen LogP contribution in [-0.2, 0) is 14.3 Å². The van der Waals surface area contributed by atoms with Crippen LogP contribution in [0.3, 0.4) is 0 Å². The summed E-state index contributed by atoms with van der Waals surface area (Å²) in [7, 11) is 2.04. The summed E-state index contributed by atoms with van der Waals surface area (Å²) in [5, 5.41) is 0. The van der Waals surface area contributed by atoms with Crippen LogP contribution >= 0.6 is 0 Å². The smallest absolute Gasteiger partial charge is 0.177 e. The minimum atomic E-state index is -1.16. The van der Waals surface area contributed by atoms with E-state index in [4.69, 9.17) is 9.47 Å². The molecule has 1 atom stereocenters. The summed E-state index contributed by atoms with van der Waals surface area (Å²) in [4.78, 5) is 13.7. The Hall–Kier alpha value is -0.913. The van der Waals surface area contributed by atoms with Crippen molar-refractivity contribution < 1.29 is 14.3 Å². The van der Waals surface area contributed by atoms with Crippen molar-refractivity contribution in [3.63, 3.8) is 0 Å². The number of ketones is 1. The highest BCUT2D eigenvalue weighted by atomic mass is 28.3. The van der Waals surface area contributed by atoms with Crippen molar-refractivity contribution in [1.29, 1.82) is 0 Å². The second kappa shape index (κ2) is 7.20. The van der Waals surface area contributed by atoms with E-state index < -0.39 is 14.4 Å². The van der Waals surface area contributed by atoms with Crippen LogP contribution in [0.2, 0.25) is 25.7 Å². The number of nitrogens with zero attached hydrogens (tertiary/aromatic N) is 1. The number of ether oxygens (including phenoxy) is 2. The Morgan fingerprint density at radius 2 is 2.05 bits per heavy atom.